The Labute approximate surface area is 168 Å². The summed E-state index contributed by atoms with van der Waals surface area (Å²) < 4.78 is 5.39. The average molecular weight is 407 g/mol. The van der Waals surface area contributed by atoms with Crippen molar-refractivity contribution in [3.05, 3.63) is 39.9 Å². The molecule has 1 fully saturated rings. The molecule has 0 spiro atoms. The number of hydrogen-bond acceptors (Lipinski definition) is 5. The van der Waals surface area contributed by atoms with Gasteiger partial charge in [0.15, 0.2) is 6.10 Å². The van der Waals surface area contributed by atoms with Crippen LogP contribution in [0.25, 0.3) is 10.6 Å². The molecule has 2 aromatic rings. The molecular formula is C20H23ClN2O3S. The Balaban J connectivity index is 1.63. The smallest absolute Gasteiger partial charge is 0.351 e. The lowest BCUT2D eigenvalue weighted by atomic mass is 9.95. The highest BCUT2D eigenvalue weighted by atomic mass is 35.5. The molecule has 144 valence electrons. The Morgan fingerprint density at radius 2 is 1.89 bits per heavy atom. The molecule has 1 aromatic heterocycles. The van der Waals surface area contributed by atoms with E-state index in [0.29, 0.717) is 15.6 Å². The summed E-state index contributed by atoms with van der Waals surface area (Å²) in [5.74, 6) is -0.758. The number of ether oxygens (including phenoxy) is 1. The molecule has 1 atom stereocenters. The highest BCUT2D eigenvalue weighted by Crippen LogP contribution is 2.29. The van der Waals surface area contributed by atoms with Crippen LogP contribution < -0.4 is 5.32 Å². The minimum Gasteiger partial charge on any atom is -0.448 e. The van der Waals surface area contributed by atoms with Crippen molar-refractivity contribution in [2.24, 2.45) is 0 Å². The lowest BCUT2D eigenvalue weighted by molar-refractivity contribution is -0.130. The Hall–Kier alpha value is -1.92. The zero-order valence-corrected chi connectivity index (χ0v) is 17.0. The van der Waals surface area contributed by atoms with Crippen LogP contribution in [0.3, 0.4) is 0 Å². The van der Waals surface area contributed by atoms with Crippen LogP contribution in [0.1, 0.15) is 54.4 Å². The molecule has 1 unspecified atom stereocenters. The quantitative estimate of drug-likeness (QED) is 0.726. The van der Waals surface area contributed by atoms with Crippen molar-refractivity contribution in [2.45, 2.75) is 58.1 Å². The van der Waals surface area contributed by atoms with E-state index in [1.165, 1.54) is 17.8 Å². The van der Waals surface area contributed by atoms with Crippen molar-refractivity contribution in [2.75, 3.05) is 0 Å². The summed E-state index contributed by atoms with van der Waals surface area (Å²) in [7, 11) is 0. The number of aryl methyl sites for hydroxylation is 1. The van der Waals surface area contributed by atoms with E-state index in [9.17, 15) is 9.59 Å². The number of amides is 1. The molecule has 1 amide bonds. The number of hydrogen-bond donors (Lipinski definition) is 1. The number of halogens is 1. The standard InChI is InChI=1S/C20H23ClN2O3S/c1-12-17(27-19(22-12)14-8-10-15(21)11-9-14)20(25)26-13(2)18(24)23-16-6-4-3-5-7-16/h8-11,13,16H,3-7H2,1-2H3,(H,23,24). The second-order valence-electron chi connectivity index (χ2n) is 6.83. The summed E-state index contributed by atoms with van der Waals surface area (Å²) >= 11 is 7.17. The van der Waals surface area contributed by atoms with Gasteiger partial charge in [0.2, 0.25) is 0 Å². The van der Waals surface area contributed by atoms with Crippen LogP contribution in [0.2, 0.25) is 5.02 Å². The van der Waals surface area contributed by atoms with E-state index >= 15 is 0 Å². The molecule has 1 aromatic carbocycles. The summed E-state index contributed by atoms with van der Waals surface area (Å²) in [6, 6.07) is 7.47. The fourth-order valence-corrected chi connectivity index (χ4v) is 4.22. The molecule has 1 aliphatic carbocycles. The molecule has 3 rings (SSSR count). The fraction of sp³-hybridized carbons (Fsp3) is 0.450. The zero-order chi connectivity index (χ0) is 19.4. The normalized spacial score (nSPS) is 16.0. The third kappa shape index (κ3) is 5.08. The number of carbonyl (C=O) groups is 2. The van der Waals surface area contributed by atoms with Crippen molar-refractivity contribution in [1.82, 2.24) is 10.3 Å². The van der Waals surface area contributed by atoms with Crippen molar-refractivity contribution >= 4 is 34.8 Å². The van der Waals surface area contributed by atoms with E-state index in [1.807, 2.05) is 12.1 Å². The maximum atomic E-state index is 12.5. The van der Waals surface area contributed by atoms with Gasteiger partial charge in [-0.3, -0.25) is 4.79 Å². The molecule has 1 aliphatic rings. The van der Waals surface area contributed by atoms with E-state index in [0.717, 1.165) is 36.3 Å². The number of nitrogens with one attached hydrogen (secondary N) is 1. The third-order valence-corrected chi connectivity index (χ3v) is 6.12. The van der Waals surface area contributed by atoms with Gasteiger partial charge in [-0.05, 0) is 38.8 Å². The van der Waals surface area contributed by atoms with E-state index < -0.39 is 12.1 Å². The first-order chi connectivity index (χ1) is 12.9. The maximum Gasteiger partial charge on any atom is 0.351 e. The number of benzene rings is 1. The van der Waals surface area contributed by atoms with Gasteiger partial charge in [-0.25, -0.2) is 9.78 Å². The molecule has 0 aliphatic heterocycles. The predicted molar refractivity (Wildman–Crippen MR) is 107 cm³/mol. The molecule has 27 heavy (non-hydrogen) atoms. The van der Waals surface area contributed by atoms with Crippen molar-refractivity contribution in [3.63, 3.8) is 0 Å². The largest absolute Gasteiger partial charge is 0.448 e. The molecule has 0 saturated heterocycles. The highest BCUT2D eigenvalue weighted by molar-refractivity contribution is 7.17. The lowest BCUT2D eigenvalue weighted by Crippen LogP contribution is -2.42. The van der Waals surface area contributed by atoms with Gasteiger partial charge in [-0.2, -0.15) is 0 Å². The lowest BCUT2D eigenvalue weighted by Gasteiger charge is -2.24. The van der Waals surface area contributed by atoms with E-state index in [1.54, 1.807) is 26.0 Å². The summed E-state index contributed by atoms with van der Waals surface area (Å²) in [6.07, 6.45) is 4.63. The van der Waals surface area contributed by atoms with Crippen LogP contribution in [0, 0.1) is 6.92 Å². The number of rotatable bonds is 5. The highest BCUT2D eigenvalue weighted by Gasteiger charge is 2.25. The summed E-state index contributed by atoms with van der Waals surface area (Å²) in [5, 5.41) is 4.35. The molecule has 1 N–H and O–H groups in total. The molecule has 0 radical (unpaired) electrons. The molecular weight excluding hydrogens is 384 g/mol. The summed E-state index contributed by atoms with van der Waals surface area (Å²) in [4.78, 5) is 29.7. The van der Waals surface area contributed by atoms with Crippen LogP contribution in [0.5, 0.6) is 0 Å². The fourth-order valence-electron chi connectivity index (χ4n) is 3.13. The number of nitrogens with zero attached hydrogens (tertiary/aromatic N) is 1. The van der Waals surface area contributed by atoms with Gasteiger partial charge in [0.05, 0.1) is 5.69 Å². The monoisotopic (exact) mass is 406 g/mol. The van der Waals surface area contributed by atoms with E-state index in [2.05, 4.69) is 10.3 Å². The average Bonchev–Trinajstić information content (AvgIpc) is 3.05. The first-order valence-electron chi connectivity index (χ1n) is 9.19. The number of aromatic nitrogens is 1. The van der Waals surface area contributed by atoms with Gasteiger partial charge in [-0.15, -0.1) is 11.3 Å². The molecule has 1 saturated carbocycles. The molecule has 7 heteroatoms. The van der Waals surface area contributed by atoms with Crippen LogP contribution in [-0.4, -0.2) is 29.0 Å². The zero-order valence-electron chi connectivity index (χ0n) is 15.5. The number of thiazole rings is 1. The summed E-state index contributed by atoms with van der Waals surface area (Å²) in [6.45, 7) is 3.37. The van der Waals surface area contributed by atoms with Crippen molar-refractivity contribution in [3.8, 4) is 10.6 Å². The van der Waals surface area contributed by atoms with Crippen LogP contribution >= 0.6 is 22.9 Å². The van der Waals surface area contributed by atoms with E-state index in [4.69, 9.17) is 16.3 Å². The first-order valence-corrected chi connectivity index (χ1v) is 10.4. The van der Waals surface area contributed by atoms with E-state index in [-0.39, 0.29) is 11.9 Å². The molecule has 0 bridgehead atoms. The van der Waals surface area contributed by atoms with Gasteiger partial charge in [-0.1, -0.05) is 43.0 Å². The van der Waals surface area contributed by atoms with Crippen LogP contribution in [0.4, 0.5) is 0 Å². The van der Waals surface area contributed by atoms with Gasteiger partial charge >= 0.3 is 5.97 Å². The van der Waals surface area contributed by atoms with Gasteiger partial charge in [0.1, 0.15) is 9.88 Å². The Bertz CT molecular complexity index is 813. The second kappa shape index (κ2) is 8.85. The van der Waals surface area contributed by atoms with Crippen LogP contribution in [-0.2, 0) is 9.53 Å². The third-order valence-electron chi connectivity index (χ3n) is 4.68. The van der Waals surface area contributed by atoms with Gasteiger partial charge in [0.25, 0.3) is 5.91 Å². The van der Waals surface area contributed by atoms with Gasteiger partial charge in [0, 0.05) is 16.6 Å². The predicted octanol–water partition coefficient (Wildman–Crippen LogP) is 4.77. The Morgan fingerprint density at radius 1 is 1.22 bits per heavy atom. The Kier molecular flexibility index (Phi) is 6.50. The minimum atomic E-state index is -0.833. The van der Waals surface area contributed by atoms with Crippen molar-refractivity contribution < 1.29 is 14.3 Å². The van der Waals surface area contributed by atoms with Crippen molar-refractivity contribution in [1.29, 1.82) is 0 Å². The molecule has 5 nitrogen and oxygen atoms in total. The SMILES string of the molecule is Cc1nc(-c2ccc(Cl)cc2)sc1C(=O)OC(C)C(=O)NC1CCCCC1. The Morgan fingerprint density at radius 3 is 2.56 bits per heavy atom. The number of esters is 1. The van der Waals surface area contributed by atoms with Crippen LogP contribution in [0.15, 0.2) is 24.3 Å². The minimum absolute atomic E-state index is 0.189. The molecule has 1 heterocycles. The first kappa shape index (κ1) is 19.8. The maximum absolute atomic E-state index is 12.5. The van der Waals surface area contributed by atoms with Gasteiger partial charge < -0.3 is 10.1 Å². The second-order valence-corrected chi connectivity index (χ2v) is 8.27. The number of carbonyl (C=O) groups excluding carboxylic acids is 2. The topological polar surface area (TPSA) is 68.3 Å². The summed E-state index contributed by atoms with van der Waals surface area (Å²) in [5.41, 5.74) is 1.48.